The molecular weight excluding hydrogens is 308 g/mol. The van der Waals surface area contributed by atoms with Crippen molar-refractivity contribution in [2.45, 2.75) is 32.4 Å². The predicted octanol–water partition coefficient (Wildman–Crippen LogP) is 3.79. The first-order chi connectivity index (χ1) is 12.2. The molecule has 1 heterocycles. The van der Waals surface area contributed by atoms with Crippen LogP contribution in [0.5, 0.6) is 0 Å². The molecule has 0 bridgehead atoms. The van der Waals surface area contributed by atoms with Crippen molar-refractivity contribution >= 4 is 12.0 Å². The number of hydrogen-bond acceptors (Lipinski definition) is 2. The average Bonchev–Trinajstić information content (AvgIpc) is 2.64. The number of likely N-dealkylation sites (tertiary alicyclic amines) is 1. The molecule has 0 atom stereocenters. The second-order valence-electron chi connectivity index (χ2n) is 6.79. The summed E-state index contributed by atoms with van der Waals surface area (Å²) in [6.07, 6.45) is 5.54. The molecule has 1 saturated heterocycles. The van der Waals surface area contributed by atoms with Crippen LogP contribution in [-0.4, -0.2) is 29.9 Å². The Bertz CT molecular complexity index is 699. The number of carbonyl (C=O) groups excluding carboxylic acids is 1. The number of hydrogen-bond donors (Lipinski definition) is 1. The van der Waals surface area contributed by atoms with Crippen molar-refractivity contribution in [2.24, 2.45) is 0 Å². The fourth-order valence-electron chi connectivity index (χ4n) is 3.18. The van der Waals surface area contributed by atoms with Crippen molar-refractivity contribution in [1.29, 1.82) is 0 Å². The first-order valence-electron chi connectivity index (χ1n) is 9.00. The highest BCUT2D eigenvalue weighted by atomic mass is 16.1. The third kappa shape index (κ3) is 5.57. The summed E-state index contributed by atoms with van der Waals surface area (Å²) < 4.78 is 0. The highest BCUT2D eigenvalue weighted by Crippen LogP contribution is 2.14. The predicted molar refractivity (Wildman–Crippen MR) is 103 cm³/mol. The molecule has 3 nitrogen and oxygen atoms in total. The molecule has 3 heteroatoms. The van der Waals surface area contributed by atoms with Gasteiger partial charge in [-0.1, -0.05) is 60.2 Å². The third-order valence-electron chi connectivity index (χ3n) is 4.69. The van der Waals surface area contributed by atoms with E-state index < -0.39 is 0 Å². The fraction of sp³-hybridized carbons (Fsp3) is 0.318. The summed E-state index contributed by atoms with van der Waals surface area (Å²) >= 11 is 0. The van der Waals surface area contributed by atoms with Crippen molar-refractivity contribution in [3.8, 4) is 0 Å². The van der Waals surface area contributed by atoms with Gasteiger partial charge in [-0.3, -0.25) is 9.69 Å². The van der Waals surface area contributed by atoms with E-state index in [9.17, 15) is 4.79 Å². The Balaban J connectivity index is 1.42. The van der Waals surface area contributed by atoms with Gasteiger partial charge in [-0.2, -0.15) is 0 Å². The number of benzene rings is 2. The minimum atomic E-state index is 0.00193. The van der Waals surface area contributed by atoms with Crippen LogP contribution >= 0.6 is 0 Å². The summed E-state index contributed by atoms with van der Waals surface area (Å²) in [5.74, 6) is 0.00193. The van der Waals surface area contributed by atoms with Crippen LogP contribution in [0.15, 0.2) is 60.7 Å². The van der Waals surface area contributed by atoms with E-state index in [0.29, 0.717) is 0 Å². The Morgan fingerprint density at radius 2 is 1.76 bits per heavy atom. The number of carbonyl (C=O) groups is 1. The molecule has 3 rings (SSSR count). The van der Waals surface area contributed by atoms with Gasteiger partial charge in [0.05, 0.1) is 0 Å². The number of nitrogens with one attached hydrogen (secondary N) is 1. The molecule has 0 saturated carbocycles. The maximum absolute atomic E-state index is 12.1. The lowest BCUT2D eigenvalue weighted by Gasteiger charge is -2.32. The van der Waals surface area contributed by atoms with E-state index in [-0.39, 0.29) is 11.9 Å². The van der Waals surface area contributed by atoms with Gasteiger partial charge in [-0.15, -0.1) is 0 Å². The Morgan fingerprint density at radius 1 is 1.08 bits per heavy atom. The van der Waals surface area contributed by atoms with Crippen molar-refractivity contribution in [3.63, 3.8) is 0 Å². The normalized spacial score (nSPS) is 16.2. The number of aryl methyl sites for hydroxylation is 1. The molecule has 0 unspecified atom stereocenters. The largest absolute Gasteiger partial charge is 0.350 e. The van der Waals surface area contributed by atoms with Crippen LogP contribution in [-0.2, 0) is 11.3 Å². The first kappa shape index (κ1) is 17.4. The minimum Gasteiger partial charge on any atom is -0.350 e. The van der Waals surface area contributed by atoms with Gasteiger partial charge in [0.25, 0.3) is 0 Å². The van der Waals surface area contributed by atoms with Crippen molar-refractivity contribution in [2.75, 3.05) is 13.1 Å². The van der Waals surface area contributed by atoms with Gasteiger partial charge in [0.2, 0.25) is 5.91 Å². The van der Waals surface area contributed by atoms with Crippen LogP contribution in [0.1, 0.15) is 29.5 Å². The number of amides is 1. The summed E-state index contributed by atoms with van der Waals surface area (Å²) in [7, 11) is 0. The van der Waals surface area contributed by atoms with E-state index in [2.05, 4.69) is 59.6 Å². The van der Waals surface area contributed by atoms with Gasteiger partial charge in [-0.25, -0.2) is 0 Å². The fourth-order valence-corrected chi connectivity index (χ4v) is 3.18. The summed E-state index contributed by atoms with van der Waals surface area (Å²) in [6, 6.07) is 19.0. The molecule has 0 radical (unpaired) electrons. The van der Waals surface area contributed by atoms with Crippen molar-refractivity contribution in [1.82, 2.24) is 10.2 Å². The van der Waals surface area contributed by atoms with Gasteiger partial charge in [0, 0.05) is 31.8 Å². The van der Waals surface area contributed by atoms with E-state index in [0.717, 1.165) is 38.0 Å². The molecule has 1 aliphatic heterocycles. The van der Waals surface area contributed by atoms with Crippen LogP contribution in [0, 0.1) is 6.92 Å². The summed E-state index contributed by atoms with van der Waals surface area (Å²) in [4.78, 5) is 14.6. The molecule has 1 aliphatic rings. The minimum absolute atomic E-state index is 0.00193. The van der Waals surface area contributed by atoms with Crippen LogP contribution in [0.2, 0.25) is 0 Å². The van der Waals surface area contributed by atoms with Crippen LogP contribution in [0.4, 0.5) is 0 Å². The highest BCUT2D eigenvalue weighted by Gasteiger charge is 2.19. The summed E-state index contributed by atoms with van der Waals surface area (Å²) in [6.45, 7) is 5.11. The lowest BCUT2D eigenvalue weighted by atomic mass is 10.0. The molecule has 2 aromatic carbocycles. The third-order valence-corrected chi connectivity index (χ3v) is 4.69. The molecule has 1 fully saturated rings. The molecule has 0 aromatic heterocycles. The molecule has 0 aliphatic carbocycles. The molecule has 1 amide bonds. The Kier molecular flexibility index (Phi) is 6.02. The van der Waals surface area contributed by atoms with E-state index >= 15 is 0 Å². The summed E-state index contributed by atoms with van der Waals surface area (Å²) in [5.41, 5.74) is 3.63. The average molecular weight is 334 g/mol. The number of nitrogens with zero attached hydrogens (tertiary/aromatic N) is 1. The zero-order valence-corrected chi connectivity index (χ0v) is 14.8. The lowest BCUT2D eigenvalue weighted by molar-refractivity contribution is -0.117. The van der Waals surface area contributed by atoms with Gasteiger partial charge in [0.1, 0.15) is 0 Å². The zero-order valence-electron chi connectivity index (χ0n) is 14.8. The van der Waals surface area contributed by atoms with E-state index in [1.54, 1.807) is 6.08 Å². The Morgan fingerprint density at radius 3 is 2.44 bits per heavy atom. The smallest absolute Gasteiger partial charge is 0.244 e. The maximum atomic E-state index is 12.1. The number of piperidine rings is 1. The second-order valence-corrected chi connectivity index (χ2v) is 6.79. The van der Waals surface area contributed by atoms with Crippen LogP contribution in [0.3, 0.4) is 0 Å². The topological polar surface area (TPSA) is 32.3 Å². The maximum Gasteiger partial charge on any atom is 0.244 e. The van der Waals surface area contributed by atoms with E-state index in [1.807, 2.05) is 18.2 Å². The Labute approximate surface area is 150 Å². The van der Waals surface area contributed by atoms with Gasteiger partial charge in [-0.05, 0) is 37.0 Å². The van der Waals surface area contributed by atoms with Gasteiger partial charge in [0.15, 0.2) is 0 Å². The molecule has 0 spiro atoms. The highest BCUT2D eigenvalue weighted by molar-refractivity contribution is 5.91. The standard InChI is InChI=1S/C22H26N2O/c1-18-7-9-19(10-8-18)11-12-22(25)23-21-13-15-24(16-14-21)17-20-5-3-2-4-6-20/h2-12,21H,13-17H2,1H3,(H,23,25)/b12-11+. The van der Waals surface area contributed by atoms with Crippen LogP contribution in [0.25, 0.3) is 6.08 Å². The number of rotatable bonds is 5. The van der Waals surface area contributed by atoms with Gasteiger partial charge >= 0.3 is 0 Å². The molecule has 2 aromatic rings. The molecule has 130 valence electrons. The summed E-state index contributed by atoms with van der Waals surface area (Å²) in [5, 5.41) is 3.13. The van der Waals surface area contributed by atoms with E-state index in [1.165, 1.54) is 11.1 Å². The first-order valence-corrected chi connectivity index (χ1v) is 9.00. The Hall–Kier alpha value is -2.39. The van der Waals surface area contributed by atoms with Gasteiger partial charge < -0.3 is 5.32 Å². The molecule has 25 heavy (non-hydrogen) atoms. The van der Waals surface area contributed by atoms with Crippen molar-refractivity contribution in [3.05, 3.63) is 77.4 Å². The lowest BCUT2D eigenvalue weighted by Crippen LogP contribution is -2.43. The van der Waals surface area contributed by atoms with Crippen LogP contribution < -0.4 is 5.32 Å². The molecular formula is C22H26N2O. The SMILES string of the molecule is Cc1ccc(/C=C/C(=O)NC2CCN(Cc3ccccc3)CC2)cc1. The quantitative estimate of drug-likeness (QED) is 0.844. The van der Waals surface area contributed by atoms with E-state index in [4.69, 9.17) is 0 Å². The molecule has 1 N–H and O–H groups in total. The second kappa shape index (κ2) is 8.63. The zero-order chi connectivity index (χ0) is 17.5. The van der Waals surface area contributed by atoms with Crippen molar-refractivity contribution < 1.29 is 4.79 Å². The monoisotopic (exact) mass is 334 g/mol.